The van der Waals surface area contributed by atoms with Crippen LogP contribution < -0.4 is 0 Å². The van der Waals surface area contributed by atoms with Gasteiger partial charge in [0, 0.05) is 13.1 Å². The normalized spacial score (nSPS) is 32.7. The average Bonchev–Trinajstić information content (AvgIpc) is 2.52. The summed E-state index contributed by atoms with van der Waals surface area (Å²) in [7, 11) is 0. The van der Waals surface area contributed by atoms with Gasteiger partial charge in [0.05, 0.1) is 6.10 Å². The van der Waals surface area contributed by atoms with Gasteiger partial charge in [0.2, 0.25) is 5.91 Å². The average molecular weight is 313 g/mol. The fourth-order valence-electron chi connectivity index (χ4n) is 3.79. The fraction of sp³-hybridized carbons (Fsp3) is 0.944. The second-order valence-corrected chi connectivity index (χ2v) is 7.26. The summed E-state index contributed by atoms with van der Waals surface area (Å²) < 4.78 is 19.3. The van der Waals surface area contributed by atoms with Gasteiger partial charge in [0.1, 0.15) is 12.8 Å². The number of ether oxygens (including phenoxy) is 1. The van der Waals surface area contributed by atoms with E-state index in [1.165, 1.54) is 12.8 Å². The Bertz CT molecular complexity index is 342. The molecule has 2 rings (SSSR count). The van der Waals surface area contributed by atoms with Gasteiger partial charge in [-0.3, -0.25) is 4.79 Å². The van der Waals surface area contributed by atoms with Crippen LogP contribution in [0.3, 0.4) is 0 Å². The van der Waals surface area contributed by atoms with E-state index < -0.39 is 6.17 Å². The Kier molecular flexibility index (Phi) is 7.13. The number of carbonyl (C=O) groups excluding carboxylic acids is 1. The first-order valence-electron chi connectivity index (χ1n) is 9.12. The van der Waals surface area contributed by atoms with E-state index in [2.05, 4.69) is 6.92 Å². The molecular formula is C18H32FNO2. The number of hydrogen-bond donors (Lipinski definition) is 0. The molecule has 0 bridgehead atoms. The summed E-state index contributed by atoms with van der Waals surface area (Å²) in [6, 6.07) is 0. The van der Waals surface area contributed by atoms with E-state index in [-0.39, 0.29) is 18.6 Å². The van der Waals surface area contributed by atoms with Crippen molar-refractivity contribution >= 4 is 5.91 Å². The lowest BCUT2D eigenvalue weighted by Crippen LogP contribution is -2.40. The molecule has 0 heterocycles. The number of carbonyl (C=O) groups is 1. The summed E-state index contributed by atoms with van der Waals surface area (Å²) in [5.74, 6) is 1.19. The van der Waals surface area contributed by atoms with Gasteiger partial charge in [-0.2, -0.15) is 0 Å². The number of nitrogens with zero attached hydrogens (tertiary/aromatic N) is 1. The van der Waals surface area contributed by atoms with E-state index in [9.17, 15) is 9.18 Å². The molecule has 2 aliphatic carbocycles. The van der Waals surface area contributed by atoms with Gasteiger partial charge in [0.15, 0.2) is 0 Å². The summed E-state index contributed by atoms with van der Waals surface area (Å²) in [5, 5.41) is 0. The van der Waals surface area contributed by atoms with Crippen LogP contribution in [-0.4, -0.2) is 42.8 Å². The molecule has 2 unspecified atom stereocenters. The van der Waals surface area contributed by atoms with Gasteiger partial charge in [-0.1, -0.05) is 13.3 Å². The monoisotopic (exact) mass is 313 g/mol. The van der Waals surface area contributed by atoms with E-state index in [1.807, 2.05) is 11.8 Å². The van der Waals surface area contributed by atoms with Crippen molar-refractivity contribution in [1.82, 2.24) is 4.90 Å². The zero-order valence-electron chi connectivity index (χ0n) is 14.2. The molecule has 0 aliphatic heterocycles. The van der Waals surface area contributed by atoms with Crippen LogP contribution in [0.1, 0.15) is 65.2 Å². The molecule has 2 saturated carbocycles. The van der Waals surface area contributed by atoms with Crippen molar-refractivity contribution in [3.63, 3.8) is 0 Å². The Labute approximate surface area is 134 Å². The van der Waals surface area contributed by atoms with Crippen LogP contribution in [0, 0.1) is 11.8 Å². The minimum Gasteiger partial charge on any atom is -0.368 e. The minimum absolute atomic E-state index is 0.0714. The molecule has 0 aromatic heterocycles. The van der Waals surface area contributed by atoms with Crippen molar-refractivity contribution < 1.29 is 13.9 Å². The van der Waals surface area contributed by atoms with Crippen LogP contribution >= 0.6 is 0 Å². The first-order chi connectivity index (χ1) is 10.6. The molecule has 0 N–H and O–H groups in total. The summed E-state index contributed by atoms with van der Waals surface area (Å²) in [6.45, 7) is 5.86. The summed E-state index contributed by atoms with van der Waals surface area (Å²) in [6.07, 6.45) is 7.45. The molecule has 0 spiro atoms. The topological polar surface area (TPSA) is 29.5 Å². The predicted octanol–water partition coefficient (Wildman–Crippen LogP) is 3.96. The third-order valence-corrected chi connectivity index (χ3v) is 5.34. The Hall–Kier alpha value is -0.640. The van der Waals surface area contributed by atoms with E-state index in [0.29, 0.717) is 31.8 Å². The number of amides is 1. The highest BCUT2D eigenvalue weighted by molar-refractivity contribution is 5.77. The van der Waals surface area contributed by atoms with Gasteiger partial charge < -0.3 is 9.64 Å². The van der Waals surface area contributed by atoms with E-state index in [0.717, 1.165) is 31.6 Å². The number of halogens is 1. The third kappa shape index (κ3) is 5.53. The number of likely N-dealkylation sites (N-methyl/N-ethyl adjacent to an activating group) is 1. The Morgan fingerprint density at radius 3 is 2.55 bits per heavy atom. The second kappa shape index (κ2) is 8.85. The standard InChI is InChI=1S/C18H32FNO2/c1-3-20(12-15-5-4-6-16(19)11-15)18(21)13-22-17-9-7-14(2)8-10-17/h14-17H,3-13H2,1-2H3. The van der Waals surface area contributed by atoms with Crippen LogP contribution in [-0.2, 0) is 9.53 Å². The van der Waals surface area contributed by atoms with E-state index in [1.54, 1.807) is 0 Å². The van der Waals surface area contributed by atoms with E-state index >= 15 is 0 Å². The zero-order valence-corrected chi connectivity index (χ0v) is 14.2. The SMILES string of the molecule is CCN(CC1CCCC(F)C1)C(=O)COC1CCC(C)CC1. The lowest BCUT2D eigenvalue weighted by molar-refractivity contribution is -0.139. The van der Waals surface area contributed by atoms with Crippen molar-refractivity contribution in [1.29, 1.82) is 0 Å². The second-order valence-electron chi connectivity index (χ2n) is 7.26. The van der Waals surface area contributed by atoms with Crippen molar-refractivity contribution in [2.75, 3.05) is 19.7 Å². The summed E-state index contributed by atoms with van der Waals surface area (Å²) >= 11 is 0. The molecule has 0 aromatic carbocycles. The highest BCUT2D eigenvalue weighted by Gasteiger charge is 2.25. The molecule has 22 heavy (non-hydrogen) atoms. The molecular weight excluding hydrogens is 281 g/mol. The first kappa shape index (κ1) is 17.7. The number of hydrogen-bond acceptors (Lipinski definition) is 2. The molecule has 1 amide bonds. The van der Waals surface area contributed by atoms with Crippen LogP contribution in [0.4, 0.5) is 4.39 Å². The quantitative estimate of drug-likeness (QED) is 0.743. The van der Waals surface area contributed by atoms with Crippen molar-refractivity contribution in [3.05, 3.63) is 0 Å². The Morgan fingerprint density at radius 1 is 1.18 bits per heavy atom. The molecule has 4 heteroatoms. The van der Waals surface area contributed by atoms with Gasteiger partial charge in [0.25, 0.3) is 0 Å². The predicted molar refractivity (Wildman–Crippen MR) is 86.5 cm³/mol. The lowest BCUT2D eigenvalue weighted by atomic mass is 9.87. The van der Waals surface area contributed by atoms with Gasteiger partial charge in [-0.15, -0.1) is 0 Å². The molecule has 0 radical (unpaired) electrons. The third-order valence-electron chi connectivity index (χ3n) is 5.34. The van der Waals surface area contributed by atoms with Crippen LogP contribution in [0.15, 0.2) is 0 Å². The largest absolute Gasteiger partial charge is 0.368 e. The molecule has 3 nitrogen and oxygen atoms in total. The Balaban J connectivity index is 1.71. The smallest absolute Gasteiger partial charge is 0.248 e. The highest BCUT2D eigenvalue weighted by Crippen LogP contribution is 2.27. The van der Waals surface area contributed by atoms with Crippen LogP contribution in [0.5, 0.6) is 0 Å². The maximum absolute atomic E-state index is 13.5. The molecule has 2 fully saturated rings. The van der Waals surface area contributed by atoms with Crippen molar-refractivity contribution in [3.8, 4) is 0 Å². The minimum atomic E-state index is -0.673. The van der Waals surface area contributed by atoms with Gasteiger partial charge in [-0.05, 0) is 63.7 Å². The van der Waals surface area contributed by atoms with Gasteiger partial charge in [-0.25, -0.2) is 4.39 Å². The van der Waals surface area contributed by atoms with Gasteiger partial charge >= 0.3 is 0 Å². The van der Waals surface area contributed by atoms with Crippen LogP contribution in [0.2, 0.25) is 0 Å². The summed E-state index contributed by atoms with van der Waals surface area (Å²) in [4.78, 5) is 14.2. The first-order valence-corrected chi connectivity index (χ1v) is 9.12. The Morgan fingerprint density at radius 2 is 1.91 bits per heavy atom. The maximum Gasteiger partial charge on any atom is 0.248 e. The maximum atomic E-state index is 13.5. The van der Waals surface area contributed by atoms with Crippen LogP contribution in [0.25, 0.3) is 0 Å². The van der Waals surface area contributed by atoms with Crippen molar-refractivity contribution in [2.24, 2.45) is 11.8 Å². The number of rotatable bonds is 6. The molecule has 0 saturated heterocycles. The fourth-order valence-corrected chi connectivity index (χ4v) is 3.79. The molecule has 2 atom stereocenters. The number of alkyl halides is 1. The molecule has 0 aromatic rings. The lowest BCUT2D eigenvalue weighted by Gasteiger charge is -2.31. The highest BCUT2D eigenvalue weighted by atomic mass is 19.1. The summed E-state index contributed by atoms with van der Waals surface area (Å²) in [5.41, 5.74) is 0. The molecule has 2 aliphatic rings. The van der Waals surface area contributed by atoms with Crippen molar-refractivity contribution in [2.45, 2.75) is 77.5 Å². The zero-order chi connectivity index (χ0) is 15.9. The molecule has 128 valence electrons. The van der Waals surface area contributed by atoms with E-state index in [4.69, 9.17) is 4.74 Å².